The van der Waals surface area contributed by atoms with Gasteiger partial charge in [-0.05, 0) is 36.1 Å². The molecule has 2 heterocycles. The largest absolute Gasteiger partial charge is 0.489 e. The van der Waals surface area contributed by atoms with Gasteiger partial charge in [0.25, 0.3) is 0 Å². The fourth-order valence-corrected chi connectivity index (χ4v) is 4.43. The number of hydrogen-bond acceptors (Lipinski definition) is 5. The van der Waals surface area contributed by atoms with Crippen LogP contribution in [-0.2, 0) is 11.4 Å². The molecule has 1 fully saturated rings. The summed E-state index contributed by atoms with van der Waals surface area (Å²) in [7, 11) is 3.61. The molecule has 0 atom stereocenters. The summed E-state index contributed by atoms with van der Waals surface area (Å²) in [5, 5.41) is 0.937. The molecule has 1 saturated carbocycles. The highest BCUT2D eigenvalue weighted by Crippen LogP contribution is 2.42. The Bertz CT molecular complexity index is 1290. The molecule has 2 N–H and O–H groups in total. The van der Waals surface area contributed by atoms with Crippen LogP contribution in [0.2, 0.25) is 0 Å². The predicted octanol–water partition coefficient (Wildman–Crippen LogP) is 4.30. The molecule has 0 aliphatic heterocycles. The second kappa shape index (κ2) is 8.58. The number of nitrogens with zero attached hydrogens (tertiary/aromatic N) is 4. The van der Waals surface area contributed by atoms with Crippen LogP contribution < -0.4 is 10.5 Å². The second-order valence-corrected chi connectivity index (χ2v) is 8.77. The fraction of sp³-hybridized carbons (Fsp3) is 0.269. The van der Waals surface area contributed by atoms with Gasteiger partial charge in [-0.15, -0.1) is 0 Å². The smallest absolute Gasteiger partial charge is 0.225 e. The van der Waals surface area contributed by atoms with Crippen molar-refractivity contribution in [2.45, 2.75) is 25.5 Å². The Hall–Kier alpha value is -3.87. The van der Waals surface area contributed by atoms with Crippen molar-refractivity contribution in [1.82, 2.24) is 19.4 Å². The molecule has 5 rings (SSSR count). The van der Waals surface area contributed by atoms with Gasteiger partial charge in [-0.3, -0.25) is 4.79 Å². The van der Waals surface area contributed by atoms with Gasteiger partial charge >= 0.3 is 0 Å². The van der Waals surface area contributed by atoms with Crippen molar-refractivity contribution in [2.75, 3.05) is 19.8 Å². The summed E-state index contributed by atoms with van der Waals surface area (Å²) in [6.07, 6.45) is 5.48. The Morgan fingerprint density at radius 3 is 2.70 bits per heavy atom. The van der Waals surface area contributed by atoms with Crippen molar-refractivity contribution < 1.29 is 9.53 Å². The maximum Gasteiger partial charge on any atom is 0.225 e. The van der Waals surface area contributed by atoms with E-state index in [2.05, 4.69) is 26.8 Å². The van der Waals surface area contributed by atoms with Crippen LogP contribution in [0.1, 0.15) is 24.4 Å². The number of ether oxygens (including phenoxy) is 1. The maximum absolute atomic E-state index is 12.3. The molecule has 1 amide bonds. The Labute approximate surface area is 192 Å². The molecule has 7 nitrogen and oxygen atoms in total. The molecule has 0 saturated heterocycles. The van der Waals surface area contributed by atoms with Crippen LogP contribution in [0.5, 0.6) is 5.75 Å². The first-order valence-electron chi connectivity index (χ1n) is 11.1. The maximum atomic E-state index is 12.3. The van der Waals surface area contributed by atoms with Crippen LogP contribution in [-0.4, -0.2) is 39.4 Å². The molecule has 0 unspecified atom stereocenters. The van der Waals surface area contributed by atoms with Crippen LogP contribution >= 0.6 is 0 Å². The minimum atomic E-state index is 0.0554. The van der Waals surface area contributed by atoms with E-state index in [1.54, 1.807) is 25.2 Å². The van der Waals surface area contributed by atoms with Crippen LogP contribution in [0.4, 0.5) is 5.95 Å². The van der Waals surface area contributed by atoms with Gasteiger partial charge in [0, 0.05) is 49.4 Å². The molecule has 7 heteroatoms. The molecule has 33 heavy (non-hydrogen) atoms. The number of nitrogens with two attached hydrogens (primary N) is 1. The zero-order valence-electron chi connectivity index (χ0n) is 18.8. The third kappa shape index (κ3) is 4.14. The van der Waals surface area contributed by atoms with Gasteiger partial charge in [-0.2, -0.15) is 4.98 Å². The third-order valence-corrected chi connectivity index (χ3v) is 6.28. The van der Waals surface area contributed by atoms with Crippen molar-refractivity contribution in [2.24, 2.45) is 5.92 Å². The molecular weight excluding hydrogens is 414 g/mol. The number of carbonyl (C=O) groups excluding carboxylic acids is 1. The summed E-state index contributed by atoms with van der Waals surface area (Å²) in [4.78, 5) is 22.7. The molecule has 1 aliphatic carbocycles. The summed E-state index contributed by atoms with van der Waals surface area (Å²) in [6, 6.07) is 18.4. The van der Waals surface area contributed by atoms with Gasteiger partial charge in [0.2, 0.25) is 11.9 Å². The second-order valence-electron chi connectivity index (χ2n) is 8.77. The van der Waals surface area contributed by atoms with Gasteiger partial charge in [-0.25, -0.2) is 4.98 Å². The van der Waals surface area contributed by atoms with Crippen molar-refractivity contribution >= 4 is 22.9 Å². The van der Waals surface area contributed by atoms with Crippen LogP contribution in [0.15, 0.2) is 67.0 Å². The number of amides is 1. The van der Waals surface area contributed by atoms with Crippen LogP contribution in [0.3, 0.4) is 0 Å². The topological polar surface area (TPSA) is 86.3 Å². The number of rotatable bonds is 6. The Balaban J connectivity index is 1.44. The highest BCUT2D eigenvalue weighted by Gasteiger charge is 2.37. The summed E-state index contributed by atoms with van der Waals surface area (Å²) in [6.45, 7) is 0.509. The lowest BCUT2D eigenvalue weighted by atomic mass is 9.79. The van der Waals surface area contributed by atoms with Gasteiger partial charge < -0.3 is 19.9 Å². The lowest BCUT2D eigenvalue weighted by molar-refractivity contribution is -0.136. The lowest BCUT2D eigenvalue weighted by Gasteiger charge is -2.36. The molecule has 0 radical (unpaired) electrons. The molecule has 2 aromatic heterocycles. The number of fused-ring (bicyclic) bond motifs is 1. The third-order valence-electron chi connectivity index (χ3n) is 6.28. The average molecular weight is 442 g/mol. The van der Waals surface area contributed by atoms with E-state index in [1.807, 2.05) is 48.5 Å². The van der Waals surface area contributed by atoms with E-state index in [9.17, 15) is 4.79 Å². The van der Waals surface area contributed by atoms with E-state index >= 15 is 0 Å². The summed E-state index contributed by atoms with van der Waals surface area (Å²) in [5.74, 6) is 1.28. The number of anilines is 1. The van der Waals surface area contributed by atoms with Crippen molar-refractivity contribution in [3.05, 3.63) is 72.6 Å². The Morgan fingerprint density at radius 2 is 1.94 bits per heavy atom. The quantitative estimate of drug-likeness (QED) is 0.482. The first-order valence-corrected chi connectivity index (χ1v) is 11.1. The summed E-state index contributed by atoms with van der Waals surface area (Å²) >= 11 is 0. The first-order chi connectivity index (χ1) is 16.0. The number of benzene rings is 2. The summed E-state index contributed by atoms with van der Waals surface area (Å²) in [5.41, 5.74) is 9.89. The van der Waals surface area contributed by atoms with E-state index in [0.29, 0.717) is 6.61 Å². The Morgan fingerprint density at radius 1 is 1.15 bits per heavy atom. The molecule has 168 valence electrons. The van der Waals surface area contributed by atoms with Crippen LogP contribution in [0, 0.1) is 5.92 Å². The zero-order valence-corrected chi connectivity index (χ0v) is 18.8. The molecule has 0 bridgehead atoms. The molecule has 1 aliphatic rings. The van der Waals surface area contributed by atoms with Gasteiger partial charge in [-0.1, -0.05) is 42.5 Å². The minimum Gasteiger partial charge on any atom is -0.489 e. The van der Waals surface area contributed by atoms with E-state index in [1.165, 1.54) is 0 Å². The molecule has 0 spiro atoms. The van der Waals surface area contributed by atoms with Gasteiger partial charge in [0.05, 0.1) is 0 Å². The highest BCUT2D eigenvalue weighted by molar-refractivity contribution is 5.94. The number of aromatic nitrogens is 3. The van der Waals surface area contributed by atoms with E-state index in [-0.39, 0.29) is 23.8 Å². The first kappa shape index (κ1) is 21.0. The van der Waals surface area contributed by atoms with Crippen LogP contribution in [0.25, 0.3) is 22.2 Å². The minimum absolute atomic E-state index is 0.0554. The molecule has 4 aromatic rings. The van der Waals surface area contributed by atoms with E-state index in [0.717, 1.165) is 46.3 Å². The zero-order chi connectivity index (χ0) is 22.9. The SMILES string of the molecule is CN(C)C(=O)C1CC(n2cc(-c3cccc(OCc4ccccc4)c3)c3cnc(N)nc32)C1. The monoisotopic (exact) mass is 441 g/mol. The van der Waals surface area contributed by atoms with Crippen molar-refractivity contribution in [3.63, 3.8) is 0 Å². The van der Waals surface area contributed by atoms with Gasteiger partial charge in [0.1, 0.15) is 18.0 Å². The standard InChI is InChI=1S/C26H27N5O2/c1-30(2)25(32)19-11-20(12-19)31-15-23(22-14-28-26(27)29-24(22)31)18-9-6-10-21(13-18)33-16-17-7-4-3-5-8-17/h3-10,13-15,19-20H,11-12,16H2,1-2H3,(H2,27,28,29). The normalized spacial score (nSPS) is 17.5. The fourth-order valence-electron chi connectivity index (χ4n) is 4.43. The van der Waals surface area contributed by atoms with Crippen molar-refractivity contribution in [3.8, 4) is 16.9 Å². The van der Waals surface area contributed by atoms with E-state index in [4.69, 9.17) is 10.5 Å². The number of nitrogen functional groups attached to an aromatic ring is 1. The summed E-state index contributed by atoms with van der Waals surface area (Å²) < 4.78 is 8.19. The highest BCUT2D eigenvalue weighted by atomic mass is 16.5. The van der Waals surface area contributed by atoms with Crippen molar-refractivity contribution in [1.29, 1.82) is 0 Å². The molecule has 2 aromatic carbocycles. The van der Waals surface area contributed by atoms with E-state index < -0.39 is 0 Å². The Kier molecular flexibility index (Phi) is 5.46. The number of carbonyl (C=O) groups is 1. The van der Waals surface area contributed by atoms with Gasteiger partial charge in [0.15, 0.2) is 0 Å². The lowest BCUT2D eigenvalue weighted by Crippen LogP contribution is -2.38. The predicted molar refractivity (Wildman–Crippen MR) is 129 cm³/mol. The average Bonchev–Trinajstić information content (AvgIpc) is 3.16. The number of hydrogen-bond donors (Lipinski definition) is 1. The molecular formula is C26H27N5O2.